The van der Waals surface area contributed by atoms with E-state index in [1.54, 1.807) is 12.1 Å². The number of hydrogen-bond acceptors (Lipinski definition) is 5. The molecule has 6 nitrogen and oxygen atoms in total. The lowest BCUT2D eigenvalue weighted by molar-refractivity contribution is 0.0600. The van der Waals surface area contributed by atoms with E-state index in [1.807, 2.05) is 30.3 Å². The number of carbonyl (C=O) groups is 2. The number of nitrogens with zero attached hydrogens (tertiary/aromatic N) is 1. The van der Waals surface area contributed by atoms with Gasteiger partial charge in [0.15, 0.2) is 0 Å². The van der Waals surface area contributed by atoms with Crippen molar-refractivity contribution in [1.29, 1.82) is 0 Å². The maximum atomic E-state index is 12.1. The highest BCUT2D eigenvalue weighted by Gasteiger charge is 2.18. The lowest BCUT2D eigenvalue weighted by atomic mass is 10.2. The molecule has 23 heavy (non-hydrogen) atoms. The smallest absolute Gasteiger partial charge is 0.439 e. The van der Waals surface area contributed by atoms with Gasteiger partial charge in [-0.2, -0.15) is 5.06 Å². The molecule has 0 aliphatic carbocycles. The van der Waals surface area contributed by atoms with Crippen molar-refractivity contribution in [2.24, 2.45) is 0 Å². The average molecular weight is 315 g/mol. The maximum absolute atomic E-state index is 12.1. The summed E-state index contributed by atoms with van der Waals surface area (Å²) in [7, 11) is 2.66. The number of benzene rings is 2. The van der Waals surface area contributed by atoms with Crippen molar-refractivity contribution in [2.45, 2.75) is 6.61 Å². The predicted octanol–water partition coefficient (Wildman–Crippen LogP) is 3.18. The van der Waals surface area contributed by atoms with Crippen LogP contribution in [0, 0.1) is 0 Å². The standard InChI is InChI=1S/C17H17NO5/c1-21-16(19)14-8-10-15(11-9-14)18(22-2)17(20)23-12-13-6-4-3-5-7-13/h3-11H,12H2,1-2H3. The zero-order valence-electron chi connectivity index (χ0n) is 12.9. The molecular weight excluding hydrogens is 298 g/mol. The number of ether oxygens (including phenoxy) is 2. The Morgan fingerprint density at radius 3 is 2.17 bits per heavy atom. The second-order valence-electron chi connectivity index (χ2n) is 4.56. The Bertz CT molecular complexity index is 654. The van der Waals surface area contributed by atoms with E-state index in [2.05, 4.69) is 4.74 Å². The molecule has 0 heterocycles. The lowest BCUT2D eigenvalue weighted by Gasteiger charge is -2.19. The van der Waals surface area contributed by atoms with Crippen molar-refractivity contribution >= 4 is 17.7 Å². The van der Waals surface area contributed by atoms with Crippen molar-refractivity contribution in [3.8, 4) is 0 Å². The first kappa shape index (κ1) is 16.5. The van der Waals surface area contributed by atoms with Crippen LogP contribution in [0.1, 0.15) is 15.9 Å². The summed E-state index contributed by atoms with van der Waals surface area (Å²) >= 11 is 0. The summed E-state index contributed by atoms with van der Waals surface area (Å²) in [5.74, 6) is -0.452. The molecule has 0 radical (unpaired) electrons. The molecule has 0 N–H and O–H groups in total. The van der Waals surface area contributed by atoms with Crippen LogP contribution in [0.2, 0.25) is 0 Å². The van der Waals surface area contributed by atoms with Gasteiger partial charge in [-0.25, -0.2) is 9.59 Å². The quantitative estimate of drug-likeness (QED) is 0.626. The first-order chi connectivity index (χ1) is 11.2. The van der Waals surface area contributed by atoms with Crippen LogP contribution in [-0.4, -0.2) is 26.3 Å². The molecule has 0 fully saturated rings. The Morgan fingerprint density at radius 1 is 0.957 bits per heavy atom. The number of amides is 1. The number of carbonyl (C=O) groups excluding carboxylic acids is 2. The molecule has 0 aromatic heterocycles. The molecule has 6 heteroatoms. The molecule has 2 aromatic rings. The minimum Gasteiger partial charge on any atom is -0.465 e. The van der Waals surface area contributed by atoms with Crippen LogP contribution in [0.25, 0.3) is 0 Å². The Balaban J connectivity index is 2.03. The number of methoxy groups -OCH3 is 1. The highest BCUT2D eigenvalue weighted by molar-refractivity contribution is 5.91. The molecule has 1 amide bonds. The molecule has 0 spiro atoms. The summed E-state index contributed by atoms with van der Waals surface area (Å²) in [4.78, 5) is 28.6. The number of anilines is 1. The molecule has 0 aliphatic heterocycles. The van der Waals surface area contributed by atoms with Crippen LogP contribution >= 0.6 is 0 Å². The molecule has 2 aromatic carbocycles. The van der Waals surface area contributed by atoms with Gasteiger partial charge in [-0.05, 0) is 29.8 Å². The summed E-state index contributed by atoms with van der Waals surface area (Å²) in [6.45, 7) is 0.139. The van der Waals surface area contributed by atoms with E-state index in [4.69, 9.17) is 9.57 Å². The molecule has 0 saturated heterocycles. The van der Waals surface area contributed by atoms with Crippen molar-refractivity contribution in [3.05, 3.63) is 65.7 Å². The molecule has 0 saturated carbocycles. The van der Waals surface area contributed by atoms with Gasteiger partial charge in [-0.3, -0.25) is 4.84 Å². The maximum Gasteiger partial charge on any atom is 0.439 e. The molecule has 0 atom stereocenters. The highest BCUT2D eigenvalue weighted by Crippen LogP contribution is 2.17. The first-order valence-corrected chi connectivity index (χ1v) is 6.89. The van der Waals surface area contributed by atoms with E-state index < -0.39 is 12.1 Å². The second-order valence-corrected chi connectivity index (χ2v) is 4.56. The Labute approximate surface area is 134 Å². The molecule has 2 rings (SSSR count). The van der Waals surface area contributed by atoms with Crippen LogP contribution in [0.3, 0.4) is 0 Å². The minimum absolute atomic E-state index is 0.139. The SMILES string of the molecule is COC(=O)c1ccc(N(OC)C(=O)OCc2ccccc2)cc1. The van der Waals surface area contributed by atoms with Gasteiger partial charge in [-0.1, -0.05) is 30.3 Å². The third-order valence-corrected chi connectivity index (χ3v) is 3.08. The van der Waals surface area contributed by atoms with E-state index in [0.717, 1.165) is 10.6 Å². The molecular formula is C17H17NO5. The largest absolute Gasteiger partial charge is 0.465 e. The highest BCUT2D eigenvalue weighted by atomic mass is 16.7. The second kappa shape index (κ2) is 7.95. The first-order valence-electron chi connectivity index (χ1n) is 6.89. The van der Waals surface area contributed by atoms with Crippen molar-refractivity contribution in [3.63, 3.8) is 0 Å². The van der Waals surface area contributed by atoms with Crippen LogP contribution in [-0.2, 0) is 20.9 Å². The summed E-state index contributed by atoms with van der Waals surface area (Å²) in [6.07, 6.45) is -0.651. The zero-order valence-corrected chi connectivity index (χ0v) is 12.9. The van der Waals surface area contributed by atoms with Crippen LogP contribution in [0.15, 0.2) is 54.6 Å². The molecule has 0 unspecified atom stereocenters. The van der Waals surface area contributed by atoms with Crippen LogP contribution in [0.5, 0.6) is 0 Å². The monoisotopic (exact) mass is 315 g/mol. The van der Waals surface area contributed by atoms with Gasteiger partial charge in [0.1, 0.15) is 6.61 Å². The Kier molecular flexibility index (Phi) is 5.71. The topological polar surface area (TPSA) is 65.1 Å². The van der Waals surface area contributed by atoms with Gasteiger partial charge in [0.25, 0.3) is 0 Å². The summed E-state index contributed by atoms with van der Waals surface area (Å²) in [5, 5.41) is 1.00. The number of esters is 1. The number of rotatable bonds is 5. The molecule has 0 aliphatic rings. The van der Waals surface area contributed by atoms with Gasteiger partial charge in [-0.15, -0.1) is 0 Å². The fourth-order valence-electron chi connectivity index (χ4n) is 1.91. The lowest BCUT2D eigenvalue weighted by Crippen LogP contribution is -2.30. The Hall–Kier alpha value is -2.86. The van der Waals surface area contributed by atoms with Crippen molar-refractivity contribution in [1.82, 2.24) is 0 Å². The van der Waals surface area contributed by atoms with Gasteiger partial charge >= 0.3 is 12.1 Å². The fraction of sp³-hybridized carbons (Fsp3) is 0.176. The van der Waals surface area contributed by atoms with Crippen molar-refractivity contribution < 1.29 is 23.9 Å². The van der Waals surface area contributed by atoms with Gasteiger partial charge < -0.3 is 9.47 Å². The zero-order chi connectivity index (χ0) is 16.7. The third-order valence-electron chi connectivity index (χ3n) is 3.08. The van der Waals surface area contributed by atoms with Crippen LogP contribution in [0.4, 0.5) is 10.5 Å². The Morgan fingerprint density at radius 2 is 1.61 bits per heavy atom. The summed E-state index contributed by atoms with van der Waals surface area (Å²) in [6, 6.07) is 15.5. The van der Waals surface area contributed by atoms with E-state index in [1.165, 1.54) is 26.4 Å². The van der Waals surface area contributed by atoms with Gasteiger partial charge in [0.2, 0.25) is 0 Å². The molecule has 120 valence electrons. The van der Waals surface area contributed by atoms with Crippen LogP contribution < -0.4 is 5.06 Å². The minimum atomic E-state index is -0.651. The average Bonchev–Trinajstić information content (AvgIpc) is 2.61. The third kappa shape index (κ3) is 4.31. The van der Waals surface area contributed by atoms with Crippen molar-refractivity contribution in [2.75, 3.05) is 19.3 Å². The van der Waals surface area contributed by atoms with E-state index >= 15 is 0 Å². The van der Waals surface area contributed by atoms with E-state index in [9.17, 15) is 9.59 Å². The van der Waals surface area contributed by atoms with Gasteiger partial charge in [0, 0.05) is 0 Å². The predicted molar refractivity (Wildman–Crippen MR) is 83.9 cm³/mol. The molecule has 0 bridgehead atoms. The van der Waals surface area contributed by atoms with E-state index in [0.29, 0.717) is 11.3 Å². The number of hydroxylamine groups is 1. The summed E-state index contributed by atoms with van der Waals surface area (Å²) in [5.41, 5.74) is 1.70. The normalized spacial score (nSPS) is 10.0. The van der Waals surface area contributed by atoms with Gasteiger partial charge in [0.05, 0.1) is 25.5 Å². The van der Waals surface area contributed by atoms with E-state index in [-0.39, 0.29) is 6.61 Å². The summed E-state index contributed by atoms with van der Waals surface area (Å²) < 4.78 is 9.83. The number of hydrogen-bond donors (Lipinski definition) is 0. The fourth-order valence-corrected chi connectivity index (χ4v) is 1.91.